The molecule has 0 radical (unpaired) electrons. The van der Waals surface area contributed by atoms with Crippen LogP contribution >= 0.6 is 22.9 Å². The number of nitrogens with zero attached hydrogens (tertiary/aromatic N) is 2. The normalized spacial score (nSPS) is 14.8. The minimum absolute atomic E-state index is 0.0782. The molecule has 4 rings (SSSR count). The summed E-state index contributed by atoms with van der Waals surface area (Å²) in [6, 6.07) is 7.03. The highest BCUT2D eigenvalue weighted by molar-refractivity contribution is 7.17. The molecule has 0 saturated heterocycles. The number of benzene rings is 1. The number of hydrogen-bond donors (Lipinski definition) is 1. The Balaban J connectivity index is 1.65. The summed E-state index contributed by atoms with van der Waals surface area (Å²) in [5.41, 5.74) is 1.74. The van der Waals surface area contributed by atoms with Crippen molar-refractivity contribution in [1.82, 2.24) is 14.7 Å². The van der Waals surface area contributed by atoms with Crippen LogP contribution in [0.4, 0.5) is 0 Å². The van der Waals surface area contributed by atoms with E-state index in [0.29, 0.717) is 9.98 Å². The molecule has 7 heteroatoms. The van der Waals surface area contributed by atoms with Gasteiger partial charge in [-0.25, -0.2) is 4.98 Å². The highest BCUT2D eigenvalue weighted by atomic mass is 35.5. The standard InChI is InChI=1S/C19H18ClN3O2S/c1-11(12-6-8-13(20)9-7-12)22-17(24)14-10-21-19-23(18(14)25)15-4-2-3-5-16(15)26-19/h6-11H,2-5H2,1H3,(H,22,24)/t11-/m0/s1. The highest BCUT2D eigenvalue weighted by Crippen LogP contribution is 2.28. The molecule has 1 amide bonds. The maximum atomic E-state index is 12.9. The monoisotopic (exact) mass is 387 g/mol. The molecular formula is C19H18ClN3O2S. The summed E-state index contributed by atoms with van der Waals surface area (Å²) in [4.78, 5) is 31.8. The van der Waals surface area contributed by atoms with Crippen molar-refractivity contribution < 1.29 is 4.79 Å². The summed E-state index contributed by atoms with van der Waals surface area (Å²) < 4.78 is 1.63. The molecule has 26 heavy (non-hydrogen) atoms. The molecule has 1 N–H and O–H groups in total. The molecule has 3 aromatic rings. The number of aryl methyl sites for hydroxylation is 2. The number of amides is 1. The van der Waals surface area contributed by atoms with Gasteiger partial charge in [0.2, 0.25) is 0 Å². The zero-order valence-electron chi connectivity index (χ0n) is 14.3. The van der Waals surface area contributed by atoms with E-state index in [1.165, 1.54) is 11.1 Å². The van der Waals surface area contributed by atoms with Gasteiger partial charge in [-0.05, 0) is 50.3 Å². The van der Waals surface area contributed by atoms with Gasteiger partial charge in [0.25, 0.3) is 11.5 Å². The Kier molecular flexibility index (Phi) is 4.54. The Hall–Kier alpha value is -2.18. The van der Waals surface area contributed by atoms with Crippen molar-refractivity contribution >= 4 is 33.8 Å². The third-order valence-electron chi connectivity index (χ3n) is 4.76. The van der Waals surface area contributed by atoms with Gasteiger partial charge in [-0.1, -0.05) is 23.7 Å². The molecule has 1 aromatic carbocycles. The van der Waals surface area contributed by atoms with Crippen LogP contribution in [-0.4, -0.2) is 15.3 Å². The Morgan fingerprint density at radius 1 is 1.27 bits per heavy atom. The Labute approximate surface area is 159 Å². The smallest absolute Gasteiger partial charge is 0.271 e. The Morgan fingerprint density at radius 2 is 2.00 bits per heavy atom. The third-order valence-corrected chi connectivity index (χ3v) is 6.17. The van der Waals surface area contributed by atoms with Gasteiger partial charge in [0.15, 0.2) is 4.96 Å². The molecule has 5 nitrogen and oxygen atoms in total. The molecule has 1 atom stereocenters. The van der Waals surface area contributed by atoms with Crippen LogP contribution in [0.25, 0.3) is 4.96 Å². The average molecular weight is 388 g/mol. The van der Waals surface area contributed by atoms with E-state index in [2.05, 4.69) is 10.3 Å². The van der Waals surface area contributed by atoms with Gasteiger partial charge in [-0.3, -0.25) is 14.0 Å². The molecule has 2 aromatic heterocycles. The van der Waals surface area contributed by atoms with Crippen molar-refractivity contribution in [3.63, 3.8) is 0 Å². The van der Waals surface area contributed by atoms with Crippen LogP contribution in [0.2, 0.25) is 5.02 Å². The lowest BCUT2D eigenvalue weighted by atomic mass is 10.0. The van der Waals surface area contributed by atoms with E-state index in [0.717, 1.165) is 36.9 Å². The minimum atomic E-state index is -0.407. The van der Waals surface area contributed by atoms with Crippen LogP contribution in [0.1, 0.15) is 52.3 Å². The van der Waals surface area contributed by atoms with Crippen LogP contribution in [0, 0.1) is 0 Å². The van der Waals surface area contributed by atoms with E-state index >= 15 is 0 Å². The first kappa shape index (κ1) is 17.2. The molecule has 0 unspecified atom stereocenters. The number of carbonyl (C=O) groups is 1. The lowest BCUT2D eigenvalue weighted by Gasteiger charge is -2.14. The molecular weight excluding hydrogens is 370 g/mol. The molecule has 134 valence electrons. The number of halogens is 1. The van der Waals surface area contributed by atoms with Gasteiger partial charge < -0.3 is 5.32 Å². The van der Waals surface area contributed by atoms with Gasteiger partial charge in [-0.15, -0.1) is 11.3 Å². The Bertz CT molecular complexity index is 1040. The van der Waals surface area contributed by atoms with E-state index in [4.69, 9.17) is 11.6 Å². The van der Waals surface area contributed by atoms with E-state index < -0.39 is 5.91 Å². The van der Waals surface area contributed by atoms with Gasteiger partial charge in [-0.2, -0.15) is 0 Å². The number of carbonyl (C=O) groups excluding carboxylic acids is 1. The van der Waals surface area contributed by atoms with Gasteiger partial charge in [0.05, 0.1) is 6.04 Å². The second-order valence-electron chi connectivity index (χ2n) is 6.52. The number of aromatic nitrogens is 2. The van der Waals surface area contributed by atoms with Crippen LogP contribution in [0.5, 0.6) is 0 Å². The maximum Gasteiger partial charge on any atom is 0.271 e. The van der Waals surface area contributed by atoms with Crippen LogP contribution in [0.15, 0.2) is 35.3 Å². The average Bonchev–Trinajstić information content (AvgIpc) is 3.01. The van der Waals surface area contributed by atoms with Crippen LogP contribution in [0.3, 0.4) is 0 Å². The predicted molar refractivity (Wildman–Crippen MR) is 103 cm³/mol. The fourth-order valence-electron chi connectivity index (χ4n) is 3.33. The van der Waals surface area contributed by atoms with Crippen molar-refractivity contribution in [2.24, 2.45) is 0 Å². The van der Waals surface area contributed by atoms with Crippen molar-refractivity contribution in [2.45, 2.75) is 38.6 Å². The zero-order chi connectivity index (χ0) is 18.3. The van der Waals surface area contributed by atoms with Gasteiger partial charge in [0, 0.05) is 21.8 Å². The topological polar surface area (TPSA) is 63.5 Å². The second-order valence-corrected chi connectivity index (χ2v) is 8.02. The van der Waals surface area contributed by atoms with E-state index in [9.17, 15) is 9.59 Å². The summed E-state index contributed by atoms with van der Waals surface area (Å²) in [6.45, 7) is 1.87. The quantitative estimate of drug-likeness (QED) is 0.743. The Morgan fingerprint density at radius 3 is 2.77 bits per heavy atom. The summed E-state index contributed by atoms with van der Waals surface area (Å²) >= 11 is 7.46. The molecule has 0 saturated carbocycles. The lowest BCUT2D eigenvalue weighted by Crippen LogP contribution is -2.33. The van der Waals surface area contributed by atoms with E-state index in [1.807, 2.05) is 19.1 Å². The molecule has 1 aliphatic rings. The number of hydrogen-bond acceptors (Lipinski definition) is 4. The number of nitrogens with one attached hydrogen (secondary N) is 1. The fraction of sp³-hybridized carbons (Fsp3) is 0.316. The largest absolute Gasteiger partial charge is 0.345 e. The van der Waals surface area contributed by atoms with Gasteiger partial charge in [0.1, 0.15) is 5.56 Å². The molecule has 2 heterocycles. The summed E-state index contributed by atoms with van der Waals surface area (Å²) in [6.07, 6.45) is 5.44. The summed E-state index contributed by atoms with van der Waals surface area (Å²) in [7, 11) is 0. The predicted octanol–water partition coefficient (Wildman–Crippen LogP) is 3.78. The maximum absolute atomic E-state index is 12.9. The zero-order valence-corrected chi connectivity index (χ0v) is 15.9. The minimum Gasteiger partial charge on any atom is -0.345 e. The first-order valence-corrected chi connectivity index (χ1v) is 9.82. The van der Waals surface area contributed by atoms with Crippen molar-refractivity contribution in [3.05, 3.63) is 67.5 Å². The van der Waals surface area contributed by atoms with E-state index in [1.54, 1.807) is 27.9 Å². The summed E-state index contributed by atoms with van der Waals surface area (Å²) in [5.74, 6) is -0.407. The van der Waals surface area contributed by atoms with Crippen molar-refractivity contribution in [2.75, 3.05) is 0 Å². The van der Waals surface area contributed by atoms with Crippen LogP contribution < -0.4 is 10.9 Å². The molecule has 0 aliphatic heterocycles. The van der Waals surface area contributed by atoms with Crippen LogP contribution in [-0.2, 0) is 12.8 Å². The van der Waals surface area contributed by atoms with Gasteiger partial charge >= 0.3 is 0 Å². The van der Waals surface area contributed by atoms with E-state index in [-0.39, 0.29) is 17.2 Å². The number of fused-ring (bicyclic) bond motifs is 3. The van der Waals surface area contributed by atoms with Crippen molar-refractivity contribution in [1.29, 1.82) is 0 Å². The summed E-state index contributed by atoms with van der Waals surface area (Å²) in [5, 5.41) is 3.52. The fourth-order valence-corrected chi connectivity index (χ4v) is 4.63. The number of thiazole rings is 1. The lowest BCUT2D eigenvalue weighted by molar-refractivity contribution is 0.0938. The third kappa shape index (κ3) is 3.04. The first-order chi connectivity index (χ1) is 12.5. The molecule has 1 aliphatic carbocycles. The molecule has 0 spiro atoms. The first-order valence-electron chi connectivity index (χ1n) is 8.63. The molecule has 0 fully saturated rings. The SMILES string of the molecule is C[C@H](NC(=O)c1cnc2sc3c(n2c1=O)CCCC3)c1ccc(Cl)cc1. The van der Waals surface area contributed by atoms with Crippen molar-refractivity contribution in [3.8, 4) is 0 Å². The highest BCUT2D eigenvalue weighted by Gasteiger charge is 2.22. The molecule has 0 bridgehead atoms. The second kappa shape index (κ2) is 6.85. The number of rotatable bonds is 3.